The Morgan fingerprint density at radius 2 is 2.29 bits per heavy atom. The van der Waals surface area contributed by atoms with Crippen molar-refractivity contribution in [3.8, 4) is 0 Å². The fourth-order valence-electron chi connectivity index (χ4n) is 1.09. The van der Waals surface area contributed by atoms with Gasteiger partial charge in [-0.25, -0.2) is 0 Å². The molecular weight excluding hydrogens is 199 g/mol. The molecule has 0 aliphatic carbocycles. The van der Waals surface area contributed by atoms with Gasteiger partial charge in [0.15, 0.2) is 0 Å². The summed E-state index contributed by atoms with van der Waals surface area (Å²) >= 11 is 0. The molecule has 5 nitrogen and oxygen atoms in total. The van der Waals surface area contributed by atoms with Gasteiger partial charge in [-0.2, -0.15) is 13.2 Å². The van der Waals surface area contributed by atoms with Crippen molar-refractivity contribution in [2.75, 3.05) is 0 Å². The molecule has 0 aliphatic heterocycles. The zero-order chi connectivity index (χ0) is 10.8. The summed E-state index contributed by atoms with van der Waals surface area (Å²) in [5.74, 6) is 5.02. The minimum absolute atomic E-state index is 0.296. The van der Waals surface area contributed by atoms with Crippen molar-refractivity contribution in [1.82, 2.24) is 20.4 Å². The van der Waals surface area contributed by atoms with Crippen LogP contribution in [0.4, 0.5) is 13.2 Å². The summed E-state index contributed by atoms with van der Waals surface area (Å²) in [6, 6.07) is -1.02. The number of hydrogen-bond donors (Lipinski definition) is 2. The van der Waals surface area contributed by atoms with Gasteiger partial charge in [-0.1, -0.05) is 5.21 Å². The first kappa shape index (κ1) is 10.9. The minimum Gasteiger partial charge on any atom is -0.271 e. The van der Waals surface area contributed by atoms with E-state index in [0.29, 0.717) is 5.69 Å². The monoisotopic (exact) mass is 209 g/mol. The molecular formula is C6H10F3N5. The minimum atomic E-state index is -4.28. The standard InChI is InChI=1S/C6H10F3N5/c1-14-5(3-11-13-14)4(12-10)2-6(7,8)9/h3-4,12H,2,10H2,1H3. The molecule has 8 heteroatoms. The number of hydrazine groups is 1. The highest BCUT2D eigenvalue weighted by molar-refractivity contribution is 5.01. The zero-order valence-electron chi connectivity index (χ0n) is 7.41. The van der Waals surface area contributed by atoms with Crippen LogP contribution in [0.1, 0.15) is 18.2 Å². The number of rotatable bonds is 3. The summed E-state index contributed by atoms with van der Waals surface area (Å²) in [7, 11) is 1.50. The zero-order valence-corrected chi connectivity index (χ0v) is 7.41. The number of nitrogens with one attached hydrogen (secondary N) is 1. The Bertz CT molecular complexity index is 294. The van der Waals surface area contributed by atoms with Gasteiger partial charge in [0.05, 0.1) is 24.4 Å². The van der Waals surface area contributed by atoms with E-state index in [0.717, 1.165) is 0 Å². The summed E-state index contributed by atoms with van der Waals surface area (Å²) in [6.45, 7) is 0. The van der Waals surface area contributed by atoms with Crippen molar-refractivity contribution >= 4 is 0 Å². The van der Waals surface area contributed by atoms with E-state index in [1.165, 1.54) is 17.9 Å². The highest BCUT2D eigenvalue weighted by atomic mass is 19.4. The molecule has 3 N–H and O–H groups in total. The van der Waals surface area contributed by atoms with Gasteiger partial charge in [0.1, 0.15) is 0 Å². The molecule has 1 aromatic heterocycles. The Balaban J connectivity index is 2.78. The third-order valence-electron chi connectivity index (χ3n) is 1.74. The molecule has 14 heavy (non-hydrogen) atoms. The van der Waals surface area contributed by atoms with E-state index in [2.05, 4.69) is 15.7 Å². The van der Waals surface area contributed by atoms with Gasteiger partial charge >= 0.3 is 6.18 Å². The van der Waals surface area contributed by atoms with Crippen LogP contribution in [0.5, 0.6) is 0 Å². The molecule has 1 unspecified atom stereocenters. The second kappa shape index (κ2) is 3.93. The first-order valence-corrected chi connectivity index (χ1v) is 3.81. The van der Waals surface area contributed by atoms with Crippen LogP contribution in [0.15, 0.2) is 6.20 Å². The Morgan fingerprint density at radius 3 is 2.64 bits per heavy atom. The number of aromatic nitrogens is 3. The maximum absolute atomic E-state index is 12.1. The lowest BCUT2D eigenvalue weighted by atomic mass is 10.1. The summed E-state index contributed by atoms with van der Waals surface area (Å²) in [4.78, 5) is 0. The molecule has 0 saturated heterocycles. The Labute approximate surface area is 78.0 Å². The topological polar surface area (TPSA) is 68.8 Å². The molecule has 0 fully saturated rings. The molecule has 0 saturated carbocycles. The summed E-state index contributed by atoms with van der Waals surface area (Å²) in [5.41, 5.74) is 2.38. The summed E-state index contributed by atoms with van der Waals surface area (Å²) in [6.07, 6.45) is -4.08. The fourth-order valence-corrected chi connectivity index (χ4v) is 1.09. The Kier molecular flexibility index (Phi) is 3.06. The van der Waals surface area contributed by atoms with Gasteiger partial charge in [0.25, 0.3) is 0 Å². The SMILES string of the molecule is Cn1nncc1C(CC(F)(F)F)NN. The number of aryl methyl sites for hydroxylation is 1. The van der Waals surface area contributed by atoms with Crippen molar-refractivity contribution in [1.29, 1.82) is 0 Å². The second-order valence-corrected chi connectivity index (χ2v) is 2.82. The van der Waals surface area contributed by atoms with Gasteiger partial charge in [0.2, 0.25) is 0 Å². The van der Waals surface area contributed by atoms with E-state index < -0.39 is 18.6 Å². The molecule has 0 amide bonds. The van der Waals surface area contributed by atoms with Gasteiger partial charge < -0.3 is 0 Å². The lowest BCUT2D eigenvalue weighted by molar-refractivity contribution is -0.140. The van der Waals surface area contributed by atoms with E-state index in [-0.39, 0.29) is 0 Å². The molecule has 1 atom stereocenters. The van der Waals surface area contributed by atoms with Crippen molar-refractivity contribution in [2.24, 2.45) is 12.9 Å². The van der Waals surface area contributed by atoms with Gasteiger partial charge in [0, 0.05) is 7.05 Å². The Morgan fingerprint density at radius 1 is 1.64 bits per heavy atom. The fraction of sp³-hybridized carbons (Fsp3) is 0.667. The number of hydrogen-bond acceptors (Lipinski definition) is 4. The van der Waals surface area contributed by atoms with Crippen LogP contribution >= 0.6 is 0 Å². The van der Waals surface area contributed by atoms with E-state index in [4.69, 9.17) is 5.84 Å². The largest absolute Gasteiger partial charge is 0.391 e. The van der Waals surface area contributed by atoms with Crippen molar-refractivity contribution in [3.63, 3.8) is 0 Å². The third-order valence-corrected chi connectivity index (χ3v) is 1.74. The van der Waals surface area contributed by atoms with Gasteiger partial charge in [-0.15, -0.1) is 5.10 Å². The van der Waals surface area contributed by atoms with Crippen LogP contribution in [-0.2, 0) is 7.05 Å². The van der Waals surface area contributed by atoms with E-state index in [1.54, 1.807) is 0 Å². The first-order chi connectivity index (χ1) is 6.44. The maximum Gasteiger partial charge on any atom is 0.391 e. The van der Waals surface area contributed by atoms with Crippen LogP contribution in [0.25, 0.3) is 0 Å². The maximum atomic E-state index is 12.1. The van der Waals surface area contributed by atoms with E-state index >= 15 is 0 Å². The molecule has 1 aromatic rings. The van der Waals surface area contributed by atoms with Crippen LogP contribution in [-0.4, -0.2) is 21.2 Å². The Hall–Kier alpha value is -1.15. The van der Waals surface area contributed by atoms with E-state index in [9.17, 15) is 13.2 Å². The number of halogens is 3. The molecule has 0 bridgehead atoms. The molecule has 0 aromatic carbocycles. The predicted octanol–water partition coefficient (Wildman–Crippen LogP) is 0.272. The third kappa shape index (κ3) is 2.67. The molecule has 0 aliphatic rings. The molecule has 1 heterocycles. The number of nitrogens with zero attached hydrogens (tertiary/aromatic N) is 3. The van der Waals surface area contributed by atoms with Crippen LogP contribution < -0.4 is 11.3 Å². The van der Waals surface area contributed by atoms with Crippen LogP contribution in [0.3, 0.4) is 0 Å². The van der Waals surface area contributed by atoms with Crippen molar-refractivity contribution < 1.29 is 13.2 Å². The molecule has 1 rings (SSSR count). The smallest absolute Gasteiger partial charge is 0.271 e. The summed E-state index contributed by atoms with van der Waals surface area (Å²) in [5, 5.41) is 6.99. The molecule has 80 valence electrons. The molecule has 0 radical (unpaired) electrons. The second-order valence-electron chi connectivity index (χ2n) is 2.82. The van der Waals surface area contributed by atoms with Gasteiger partial charge in [-0.05, 0) is 0 Å². The summed E-state index contributed by atoms with van der Waals surface area (Å²) < 4.78 is 37.5. The van der Waals surface area contributed by atoms with Crippen molar-refractivity contribution in [2.45, 2.75) is 18.6 Å². The lowest BCUT2D eigenvalue weighted by Gasteiger charge is -2.16. The highest BCUT2D eigenvalue weighted by Gasteiger charge is 2.33. The average molecular weight is 209 g/mol. The van der Waals surface area contributed by atoms with Crippen LogP contribution in [0.2, 0.25) is 0 Å². The van der Waals surface area contributed by atoms with E-state index in [1.807, 2.05) is 0 Å². The van der Waals surface area contributed by atoms with Gasteiger partial charge in [-0.3, -0.25) is 16.0 Å². The lowest BCUT2D eigenvalue weighted by Crippen LogP contribution is -2.33. The highest BCUT2D eigenvalue weighted by Crippen LogP contribution is 2.28. The van der Waals surface area contributed by atoms with Crippen LogP contribution in [0, 0.1) is 0 Å². The molecule has 0 spiro atoms. The number of nitrogens with two attached hydrogens (primary N) is 1. The average Bonchev–Trinajstić information content (AvgIpc) is 2.45. The first-order valence-electron chi connectivity index (χ1n) is 3.81. The van der Waals surface area contributed by atoms with Crippen molar-refractivity contribution in [3.05, 3.63) is 11.9 Å². The number of alkyl halides is 3. The predicted molar refractivity (Wildman–Crippen MR) is 41.7 cm³/mol. The quantitative estimate of drug-likeness (QED) is 0.554. The normalized spacial score (nSPS) is 14.4.